The SMILES string of the molecule is CCCCCCC(O)c1ccnn1CCC. The fourth-order valence-electron chi connectivity index (χ4n) is 1.94. The van der Waals surface area contributed by atoms with Gasteiger partial charge in [0.2, 0.25) is 0 Å². The number of aryl methyl sites for hydroxylation is 1. The zero-order valence-corrected chi connectivity index (χ0v) is 10.5. The average molecular weight is 224 g/mol. The van der Waals surface area contributed by atoms with Gasteiger partial charge in [-0.2, -0.15) is 5.10 Å². The van der Waals surface area contributed by atoms with E-state index in [1.807, 2.05) is 10.7 Å². The van der Waals surface area contributed by atoms with Crippen LogP contribution in [0.5, 0.6) is 0 Å². The van der Waals surface area contributed by atoms with Gasteiger partial charge in [-0.15, -0.1) is 0 Å². The van der Waals surface area contributed by atoms with Gasteiger partial charge in [0, 0.05) is 12.7 Å². The number of aliphatic hydroxyl groups is 1. The Balaban J connectivity index is 2.39. The van der Waals surface area contributed by atoms with Gasteiger partial charge in [-0.3, -0.25) is 4.68 Å². The lowest BCUT2D eigenvalue weighted by Crippen LogP contribution is -2.09. The average Bonchev–Trinajstić information content (AvgIpc) is 2.73. The lowest BCUT2D eigenvalue weighted by atomic mass is 10.1. The number of nitrogens with zero attached hydrogens (tertiary/aromatic N) is 2. The molecule has 1 rings (SSSR count). The van der Waals surface area contributed by atoms with Crippen molar-refractivity contribution in [3.05, 3.63) is 18.0 Å². The van der Waals surface area contributed by atoms with E-state index in [0.29, 0.717) is 0 Å². The van der Waals surface area contributed by atoms with Crippen molar-refractivity contribution < 1.29 is 5.11 Å². The predicted octanol–water partition coefficient (Wildman–Crippen LogP) is 3.30. The number of hydrogen-bond donors (Lipinski definition) is 1. The second-order valence-electron chi connectivity index (χ2n) is 4.34. The van der Waals surface area contributed by atoms with E-state index in [9.17, 15) is 5.11 Å². The van der Waals surface area contributed by atoms with Gasteiger partial charge in [0.25, 0.3) is 0 Å². The first-order chi connectivity index (χ1) is 7.79. The molecular weight excluding hydrogens is 200 g/mol. The van der Waals surface area contributed by atoms with Gasteiger partial charge in [-0.1, -0.05) is 39.5 Å². The van der Waals surface area contributed by atoms with Gasteiger partial charge in [0.05, 0.1) is 11.8 Å². The third-order valence-corrected chi connectivity index (χ3v) is 2.86. The molecule has 0 fully saturated rings. The van der Waals surface area contributed by atoms with Crippen molar-refractivity contribution in [3.8, 4) is 0 Å². The van der Waals surface area contributed by atoms with Crippen molar-refractivity contribution in [2.24, 2.45) is 0 Å². The summed E-state index contributed by atoms with van der Waals surface area (Å²) in [5.74, 6) is 0. The molecule has 1 heterocycles. The van der Waals surface area contributed by atoms with E-state index in [2.05, 4.69) is 18.9 Å². The highest BCUT2D eigenvalue weighted by atomic mass is 16.3. The third kappa shape index (κ3) is 3.97. The van der Waals surface area contributed by atoms with Gasteiger partial charge in [-0.25, -0.2) is 0 Å². The molecule has 1 N–H and O–H groups in total. The van der Waals surface area contributed by atoms with E-state index < -0.39 is 0 Å². The van der Waals surface area contributed by atoms with E-state index in [-0.39, 0.29) is 6.10 Å². The van der Waals surface area contributed by atoms with Crippen LogP contribution in [0.15, 0.2) is 12.3 Å². The summed E-state index contributed by atoms with van der Waals surface area (Å²) < 4.78 is 1.92. The number of unbranched alkanes of at least 4 members (excludes halogenated alkanes) is 3. The van der Waals surface area contributed by atoms with Crippen LogP contribution in [0.1, 0.15) is 64.2 Å². The molecule has 16 heavy (non-hydrogen) atoms. The number of aromatic nitrogens is 2. The van der Waals surface area contributed by atoms with E-state index in [0.717, 1.165) is 31.5 Å². The summed E-state index contributed by atoms with van der Waals surface area (Å²) in [4.78, 5) is 0. The second-order valence-corrected chi connectivity index (χ2v) is 4.34. The van der Waals surface area contributed by atoms with Crippen molar-refractivity contribution in [1.29, 1.82) is 0 Å². The molecule has 0 bridgehead atoms. The van der Waals surface area contributed by atoms with Crippen LogP contribution in [0, 0.1) is 0 Å². The Hall–Kier alpha value is -0.830. The molecule has 0 amide bonds. The molecule has 0 aromatic carbocycles. The van der Waals surface area contributed by atoms with Gasteiger partial charge in [0.1, 0.15) is 0 Å². The summed E-state index contributed by atoms with van der Waals surface area (Å²) in [5.41, 5.74) is 0.971. The number of rotatable bonds is 8. The lowest BCUT2D eigenvalue weighted by molar-refractivity contribution is 0.152. The zero-order chi connectivity index (χ0) is 11.8. The summed E-state index contributed by atoms with van der Waals surface area (Å²) in [6, 6.07) is 1.93. The molecule has 0 aliphatic heterocycles. The molecule has 0 spiro atoms. The number of hydrogen-bond acceptors (Lipinski definition) is 2. The molecular formula is C13H24N2O. The number of aliphatic hydroxyl groups excluding tert-OH is 1. The van der Waals surface area contributed by atoms with E-state index in [4.69, 9.17) is 0 Å². The molecule has 3 heteroatoms. The molecule has 92 valence electrons. The Labute approximate surface area is 98.5 Å². The minimum Gasteiger partial charge on any atom is -0.387 e. The molecule has 1 unspecified atom stereocenters. The predicted molar refractivity (Wildman–Crippen MR) is 66.2 cm³/mol. The van der Waals surface area contributed by atoms with Crippen molar-refractivity contribution in [2.75, 3.05) is 0 Å². The van der Waals surface area contributed by atoms with E-state index in [1.54, 1.807) is 6.20 Å². The van der Waals surface area contributed by atoms with Gasteiger partial charge in [0.15, 0.2) is 0 Å². The standard InChI is InChI=1S/C13H24N2O/c1-3-5-6-7-8-13(16)12-9-10-14-15(12)11-4-2/h9-10,13,16H,3-8,11H2,1-2H3. The first kappa shape index (κ1) is 13.2. The fraction of sp³-hybridized carbons (Fsp3) is 0.769. The smallest absolute Gasteiger partial charge is 0.0956 e. The molecule has 0 saturated carbocycles. The lowest BCUT2D eigenvalue weighted by Gasteiger charge is -2.12. The van der Waals surface area contributed by atoms with Crippen LogP contribution in [-0.4, -0.2) is 14.9 Å². The maximum atomic E-state index is 10.1. The maximum absolute atomic E-state index is 10.1. The second kappa shape index (κ2) is 7.44. The van der Waals surface area contributed by atoms with Crippen molar-refractivity contribution in [3.63, 3.8) is 0 Å². The highest BCUT2D eigenvalue weighted by molar-refractivity contribution is 5.04. The largest absolute Gasteiger partial charge is 0.387 e. The summed E-state index contributed by atoms with van der Waals surface area (Å²) in [6.07, 6.45) is 8.17. The minimum atomic E-state index is -0.342. The van der Waals surface area contributed by atoms with Gasteiger partial charge >= 0.3 is 0 Å². The summed E-state index contributed by atoms with van der Waals surface area (Å²) in [5, 5.41) is 14.3. The van der Waals surface area contributed by atoms with Crippen LogP contribution in [-0.2, 0) is 6.54 Å². The molecule has 1 aromatic heterocycles. The fourth-order valence-corrected chi connectivity index (χ4v) is 1.94. The topological polar surface area (TPSA) is 38.1 Å². The monoisotopic (exact) mass is 224 g/mol. The van der Waals surface area contributed by atoms with Gasteiger partial charge < -0.3 is 5.11 Å². The molecule has 0 radical (unpaired) electrons. The summed E-state index contributed by atoms with van der Waals surface area (Å²) in [7, 11) is 0. The first-order valence-electron chi connectivity index (χ1n) is 6.49. The third-order valence-electron chi connectivity index (χ3n) is 2.86. The van der Waals surface area contributed by atoms with Crippen molar-refractivity contribution >= 4 is 0 Å². The van der Waals surface area contributed by atoms with Crippen LogP contribution < -0.4 is 0 Å². The zero-order valence-electron chi connectivity index (χ0n) is 10.5. The maximum Gasteiger partial charge on any atom is 0.0956 e. The Morgan fingerprint density at radius 2 is 2.06 bits per heavy atom. The molecule has 1 atom stereocenters. The molecule has 3 nitrogen and oxygen atoms in total. The van der Waals surface area contributed by atoms with Crippen LogP contribution in [0.3, 0.4) is 0 Å². The van der Waals surface area contributed by atoms with Crippen LogP contribution >= 0.6 is 0 Å². The summed E-state index contributed by atoms with van der Waals surface area (Å²) >= 11 is 0. The first-order valence-corrected chi connectivity index (χ1v) is 6.49. The van der Waals surface area contributed by atoms with Gasteiger partial charge in [-0.05, 0) is 18.9 Å². The molecule has 0 aliphatic rings. The van der Waals surface area contributed by atoms with Crippen LogP contribution in [0.4, 0.5) is 0 Å². The molecule has 0 saturated heterocycles. The van der Waals surface area contributed by atoms with Crippen LogP contribution in [0.25, 0.3) is 0 Å². The quantitative estimate of drug-likeness (QED) is 0.688. The Morgan fingerprint density at radius 1 is 1.25 bits per heavy atom. The highest BCUT2D eigenvalue weighted by Crippen LogP contribution is 2.19. The Morgan fingerprint density at radius 3 is 2.75 bits per heavy atom. The minimum absolute atomic E-state index is 0.342. The Kier molecular flexibility index (Phi) is 6.16. The normalized spacial score (nSPS) is 12.9. The summed E-state index contributed by atoms with van der Waals surface area (Å²) in [6.45, 7) is 5.22. The Bertz CT molecular complexity index is 283. The van der Waals surface area contributed by atoms with Crippen molar-refractivity contribution in [2.45, 2.75) is 65.0 Å². The molecule has 1 aromatic rings. The highest BCUT2D eigenvalue weighted by Gasteiger charge is 2.11. The van der Waals surface area contributed by atoms with Crippen molar-refractivity contribution in [1.82, 2.24) is 9.78 Å². The van der Waals surface area contributed by atoms with Crippen LogP contribution in [0.2, 0.25) is 0 Å². The molecule has 0 aliphatic carbocycles. The van der Waals surface area contributed by atoms with E-state index in [1.165, 1.54) is 19.3 Å². The van der Waals surface area contributed by atoms with E-state index >= 15 is 0 Å².